The van der Waals surface area contributed by atoms with Crippen LogP contribution in [0.25, 0.3) is 5.82 Å². The third kappa shape index (κ3) is 2.95. The number of halogens is 4. The van der Waals surface area contributed by atoms with Crippen LogP contribution in [0.1, 0.15) is 30.2 Å². The smallest absolute Gasteiger partial charge is 0.236 e. The Hall–Kier alpha value is -1.56. The Bertz CT molecular complexity index is 576. The molecule has 0 spiro atoms. The molecule has 0 aliphatic rings. The number of nitrogens with zero attached hydrogens (tertiary/aromatic N) is 3. The number of hydrogen-bond donors (Lipinski definition) is 0. The largest absolute Gasteiger partial charge is 0.417 e. The summed E-state index contributed by atoms with van der Waals surface area (Å²) < 4.78 is 39.0. The fourth-order valence-corrected chi connectivity index (χ4v) is 2.12. The molecule has 0 bridgehead atoms. The van der Waals surface area contributed by atoms with Gasteiger partial charge in [0.1, 0.15) is 0 Å². The molecule has 0 saturated carbocycles. The quantitative estimate of drug-likeness (QED) is 0.800. The number of alkyl halides is 4. The van der Waals surface area contributed by atoms with Crippen molar-refractivity contribution < 1.29 is 13.2 Å². The van der Waals surface area contributed by atoms with Crippen LogP contribution in [0.2, 0.25) is 0 Å². The van der Waals surface area contributed by atoms with Crippen LogP contribution in [-0.2, 0) is 18.5 Å². The Kier molecular flexibility index (Phi) is 4.32. The molecule has 0 aliphatic heterocycles. The predicted molar refractivity (Wildman–Crippen MR) is 69.9 cm³/mol. The average Bonchev–Trinajstić information content (AvgIpc) is 2.81. The van der Waals surface area contributed by atoms with Crippen molar-refractivity contribution in [3.8, 4) is 5.82 Å². The summed E-state index contributed by atoms with van der Waals surface area (Å²) in [6.07, 6.45) is -0.325. The van der Waals surface area contributed by atoms with Gasteiger partial charge in [-0.3, -0.25) is 0 Å². The summed E-state index contributed by atoms with van der Waals surface area (Å²) in [5.41, 5.74) is 0.980. The molecule has 0 atom stereocenters. The molecule has 3 nitrogen and oxygen atoms in total. The van der Waals surface area contributed by atoms with E-state index in [9.17, 15) is 13.2 Å². The van der Waals surface area contributed by atoms with E-state index in [0.29, 0.717) is 11.7 Å². The Labute approximate surface area is 119 Å². The first-order valence-corrected chi connectivity index (χ1v) is 6.66. The lowest BCUT2D eigenvalue weighted by Gasteiger charge is -2.09. The maximum atomic E-state index is 12.5. The van der Waals surface area contributed by atoms with Crippen LogP contribution >= 0.6 is 11.6 Å². The molecule has 2 aromatic rings. The van der Waals surface area contributed by atoms with Crippen molar-refractivity contribution in [1.29, 1.82) is 0 Å². The third-order valence-corrected chi connectivity index (χ3v) is 3.17. The number of pyridine rings is 1. The second-order valence-corrected chi connectivity index (χ2v) is 4.58. The van der Waals surface area contributed by atoms with Crippen molar-refractivity contribution in [2.24, 2.45) is 0 Å². The molecule has 2 rings (SSSR count). The monoisotopic (exact) mass is 303 g/mol. The molecule has 0 amide bonds. The van der Waals surface area contributed by atoms with Crippen LogP contribution in [0.5, 0.6) is 0 Å². The van der Waals surface area contributed by atoms with Crippen LogP contribution in [0.4, 0.5) is 13.2 Å². The standard InChI is InChI=1S/C13H13ClF3N3/c1-2-3-11-9(6-14)7-19-20(11)12-5-4-10(8-18-12)13(15,16)17/h4-5,7-8H,2-3,6H2,1H3. The molecule has 0 aromatic carbocycles. The summed E-state index contributed by atoms with van der Waals surface area (Å²) in [5, 5.41) is 4.16. The molecule has 2 heterocycles. The number of rotatable bonds is 4. The topological polar surface area (TPSA) is 30.7 Å². The van der Waals surface area contributed by atoms with Crippen LogP contribution in [0.15, 0.2) is 24.5 Å². The number of aromatic nitrogens is 3. The van der Waals surface area contributed by atoms with Crippen molar-refractivity contribution in [3.05, 3.63) is 41.3 Å². The van der Waals surface area contributed by atoms with E-state index in [-0.39, 0.29) is 0 Å². The van der Waals surface area contributed by atoms with Gasteiger partial charge in [-0.25, -0.2) is 9.67 Å². The molecule has 108 valence electrons. The van der Waals surface area contributed by atoms with Crippen molar-refractivity contribution in [2.45, 2.75) is 31.8 Å². The Morgan fingerprint density at radius 2 is 2.00 bits per heavy atom. The minimum atomic E-state index is -4.39. The second-order valence-electron chi connectivity index (χ2n) is 4.31. The lowest BCUT2D eigenvalue weighted by molar-refractivity contribution is -0.137. The maximum absolute atomic E-state index is 12.5. The molecule has 0 fully saturated rings. The zero-order valence-corrected chi connectivity index (χ0v) is 11.5. The first kappa shape index (κ1) is 14.8. The van der Waals surface area contributed by atoms with Gasteiger partial charge in [0, 0.05) is 11.8 Å². The SMILES string of the molecule is CCCc1c(CCl)cnn1-c1ccc(C(F)(F)F)cn1. The molecule has 0 aliphatic carbocycles. The second kappa shape index (κ2) is 5.83. The highest BCUT2D eigenvalue weighted by Gasteiger charge is 2.30. The van der Waals surface area contributed by atoms with Gasteiger partial charge in [-0.2, -0.15) is 18.3 Å². The van der Waals surface area contributed by atoms with Crippen LogP contribution in [0.3, 0.4) is 0 Å². The highest BCUT2D eigenvalue weighted by Crippen LogP contribution is 2.29. The summed E-state index contributed by atoms with van der Waals surface area (Å²) in [6, 6.07) is 2.31. The minimum absolute atomic E-state index is 0.315. The van der Waals surface area contributed by atoms with Gasteiger partial charge in [0.05, 0.1) is 23.3 Å². The first-order chi connectivity index (χ1) is 9.47. The van der Waals surface area contributed by atoms with E-state index >= 15 is 0 Å². The molecule has 20 heavy (non-hydrogen) atoms. The molecule has 2 aromatic heterocycles. The van der Waals surface area contributed by atoms with Crippen LogP contribution in [-0.4, -0.2) is 14.8 Å². The lowest BCUT2D eigenvalue weighted by Crippen LogP contribution is -2.09. The normalized spacial score (nSPS) is 11.8. The van der Waals surface area contributed by atoms with Gasteiger partial charge < -0.3 is 0 Å². The number of hydrogen-bond acceptors (Lipinski definition) is 2. The third-order valence-electron chi connectivity index (χ3n) is 2.88. The average molecular weight is 304 g/mol. The first-order valence-electron chi connectivity index (χ1n) is 6.12. The summed E-state index contributed by atoms with van der Waals surface area (Å²) >= 11 is 5.83. The van der Waals surface area contributed by atoms with E-state index in [1.54, 1.807) is 10.9 Å². The fraction of sp³-hybridized carbons (Fsp3) is 0.385. The van der Waals surface area contributed by atoms with E-state index in [1.807, 2.05) is 6.92 Å². The lowest BCUT2D eigenvalue weighted by atomic mass is 10.2. The molecule has 0 radical (unpaired) electrons. The van der Waals surface area contributed by atoms with Crippen molar-refractivity contribution in [1.82, 2.24) is 14.8 Å². The molecule has 0 unspecified atom stereocenters. The highest BCUT2D eigenvalue weighted by atomic mass is 35.5. The van der Waals surface area contributed by atoms with Gasteiger partial charge in [0.15, 0.2) is 5.82 Å². The minimum Gasteiger partial charge on any atom is -0.236 e. The Morgan fingerprint density at radius 3 is 2.50 bits per heavy atom. The maximum Gasteiger partial charge on any atom is 0.417 e. The van der Waals surface area contributed by atoms with Gasteiger partial charge >= 0.3 is 6.18 Å². The summed E-state index contributed by atoms with van der Waals surface area (Å²) in [5.74, 6) is 0.675. The van der Waals surface area contributed by atoms with E-state index in [1.165, 1.54) is 6.07 Å². The molecule has 0 N–H and O–H groups in total. The van der Waals surface area contributed by atoms with Crippen LogP contribution in [0, 0.1) is 0 Å². The van der Waals surface area contributed by atoms with Gasteiger partial charge in [-0.15, -0.1) is 11.6 Å². The molecule has 7 heteroatoms. The van der Waals surface area contributed by atoms with Gasteiger partial charge in [0.25, 0.3) is 0 Å². The van der Waals surface area contributed by atoms with E-state index in [4.69, 9.17) is 11.6 Å². The van der Waals surface area contributed by atoms with E-state index < -0.39 is 11.7 Å². The van der Waals surface area contributed by atoms with Crippen LogP contribution < -0.4 is 0 Å². The highest BCUT2D eigenvalue weighted by molar-refractivity contribution is 6.17. The van der Waals surface area contributed by atoms with Crippen molar-refractivity contribution in [2.75, 3.05) is 0 Å². The molecular formula is C13H13ClF3N3. The fourth-order valence-electron chi connectivity index (χ4n) is 1.90. The Balaban J connectivity index is 2.39. The molecule has 0 saturated heterocycles. The van der Waals surface area contributed by atoms with Crippen molar-refractivity contribution in [3.63, 3.8) is 0 Å². The van der Waals surface area contributed by atoms with Gasteiger partial charge in [0.2, 0.25) is 0 Å². The zero-order valence-electron chi connectivity index (χ0n) is 10.8. The van der Waals surface area contributed by atoms with Gasteiger partial charge in [-0.05, 0) is 18.6 Å². The zero-order chi connectivity index (χ0) is 14.8. The molecular weight excluding hydrogens is 291 g/mol. The summed E-state index contributed by atoms with van der Waals surface area (Å²) in [7, 11) is 0. The summed E-state index contributed by atoms with van der Waals surface area (Å²) in [6.45, 7) is 2.01. The summed E-state index contributed by atoms with van der Waals surface area (Å²) in [4.78, 5) is 3.84. The Morgan fingerprint density at radius 1 is 1.25 bits per heavy atom. The van der Waals surface area contributed by atoms with Gasteiger partial charge in [-0.1, -0.05) is 13.3 Å². The van der Waals surface area contributed by atoms with E-state index in [0.717, 1.165) is 36.4 Å². The predicted octanol–water partition coefficient (Wildman–Crippen LogP) is 3.98. The van der Waals surface area contributed by atoms with Crippen molar-refractivity contribution >= 4 is 11.6 Å². The van der Waals surface area contributed by atoms with E-state index in [2.05, 4.69) is 10.1 Å².